The minimum absolute atomic E-state index is 0.0106. The molecule has 0 radical (unpaired) electrons. The topological polar surface area (TPSA) is 94.4 Å². The Morgan fingerprint density at radius 3 is 3.04 bits per heavy atom. The number of tetrazole rings is 1. The Morgan fingerprint density at radius 2 is 2.30 bits per heavy atom. The van der Waals surface area contributed by atoms with Crippen LogP contribution in [0.5, 0.6) is 0 Å². The quantitative estimate of drug-likeness (QED) is 0.638. The highest BCUT2D eigenvalue weighted by atomic mass is 32.1. The van der Waals surface area contributed by atoms with Gasteiger partial charge in [0.2, 0.25) is 5.91 Å². The number of carbonyl (C=O) groups excluding carboxylic acids is 1. The van der Waals surface area contributed by atoms with Gasteiger partial charge >= 0.3 is 0 Å². The second kappa shape index (κ2) is 10.5. The highest BCUT2D eigenvalue weighted by molar-refractivity contribution is 7.10. The Bertz CT molecular complexity index is 687. The lowest BCUT2D eigenvalue weighted by molar-refractivity contribution is -0.121. The van der Waals surface area contributed by atoms with Gasteiger partial charge in [-0.2, -0.15) is 0 Å². The first kappa shape index (κ1) is 19.9. The number of carbonyl (C=O) groups is 1. The number of rotatable bonds is 10. The zero-order valence-electron chi connectivity index (χ0n) is 15.5. The maximum atomic E-state index is 12.1. The number of aromatic nitrogens is 4. The van der Waals surface area contributed by atoms with Crippen molar-refractivity contribution in [1.29, 1.82) is 0 Å². The van der Waals surface area contributed by atoms with E-state index in [9.17, 15) is 4.79 Å². The first-order valence-electron chi connectivity index (χ1n) is 9.14. The van der Waals surface area contributed by atoms with Crippen molar-refractivity contribution in [3.8, 4) is 0 Å². The first-order chi connectivity index (χ1) is 13.3. The fraction of sp³-hybridized carbons (Fsp3) is 0.647. The number of nitrogens with one attached hydrogen (secondary N) is 1. The van der Waals surface area contributed by atoms with Crippen LogP contribution in [0, 0.1) is 0 Å². The summed E-state index contributed by atoms with van der Waals surface area (Å²) in [6.45, 7) is 5.08. The number of amides is 1. The Kier molecular flexibility index (Phi) is 7.69. The minimum atomic E-state index is -0.103. The van der Waals surface area contributed by atoms with Crippen LogP contribution in [-0.2, 0) is 27.4 Å². The van der Waals surface area contributed by atoms with Crippen LogP contribution in [-0.4, -0.2) is 71.0 Å². The summed E-state index contributed by atoms with van der Waals surface area (Å²) in [6.07, 6.45) is 1.01. The third-order valence-corrected chi connectivity index (χ3v) is 5.44. The summed E-state index contributed by atoms with van der Waals surface area (Å²) in [5.74, 6) is 0.839. The number of hydrogen-bond donors (Lipinski definition) is 1. The fourth-order valence-corrected chi connectivity index (χ4v) is 3.73. The molecule has 148 valence electrons. The molecular formula is C17H26N6O3S. The molecule has 2 aromatic heterocycles. The van der Waals surface area contributed by atoms with Gasteiger partial charge in [0.25, 0.3) is 0 Å². The maximum Gasteiger partial charge on any atom is 0.220 e. The van der Waals surface area contributed by atoms with E-state index in [-0.39, 0.29) is 12.0 Å². The zero-order valence-corrected chi connectivity index (χ0v) is 16.4. The van der Waals surface area contributed by atoms with Gasteiger partial charge in [-0.3, -0.25) is 9.69 Å². The predicted octanol–water partition coefficient (Wildman–Crippen LogP) is 0.851. The van der Waals surface area contributed by atoms with Crippen LogP contribution in [0.25, 0.3) is 0 Å². The van der Waals surface area contributed by atoms with Crippen molar-refractivity contribution in [2.75, 3.05) is 40.0 Å². The van der Waals surface area contributed by atoms with Crippen LogP contribution in [0.2, 0.25) is 0 Å². The maximum absolute atomic E-state index is 12.1. The molecule has 1 fully saturated rings. The summed E-state index contributed by atoms with van der Waals surface area (Å²) in [7, 11) is 1.66. The number of hydrogen-bond acceptors (Lipinski definition) is 8. The van der Waals surface area contributed by atoms with E-state index in [0.717, 1.165) is 37.0 Å². The van der Waals surface area contributed by atoms with E-state index in [4.69, 9.17) is 9.47 Å². The van der Waals surface area contributed by atoms with Crippen molar-refractivity contribution >= 4 is 17.2 Å². The molecule has 2 aromatic rings. The lowest BCUT2D eigenvalue weighted by atomic mass is 10.2. The second-order valence-electron chi connectivity index (χ2n) is 6.35. The normalized spacial score (nSPS) is 16.3. The monoisotopic (exact) mass is 394 g/mol. The van der Waals surface area contributed by atoms with Gasteiger partial charge in [0.1, 0.15) is 6.10 Å². The van der Waals surface area contributed by atoms with Gasteiger partial charge < -0.3 is 14.8 Å². The SMILES string of the molecule is CO[C@@H](CNC(=O)CCCn1nnnc1CN1CCOCC1)c1cccs1. The third kappa shape index (κ3) is 6.06. The van der Waals surface area contributed by atoms with Crippen molar-refractivity contribution < 1.29 is 14.3 Å². The Hall–Kier alpha value is -1.88. The molecule has 1 atom stereocenters. The number of ether oxygens (including phenoxy) is 2. The number of morpholine rings is 1. The summed E-state index contributed by atoms with van der Waals surface area (Å²) in [6, 6.07) is 3.99. The molecule has 0 unspecified atom stereocenters. The van der Waals surface area contributed by atoms with E-state index in [2.05, 4.69) is 25.7 Å². The molecule has 0 aromatic carbocycles. The average molecular weight is 395 g/mol. The molecule has 1 aliphatic rings. The van der Waals surface area contributed by atoms with Crippen molar-refractivity contribution in [2.24, 2.45) is 0 Å². The fourth-order valence-electron chi connectivity index (χ4n) is 2.93. The summed E-state index contributed by atoms with van der Waals surface area (Å²) < 4.78 is 12.6. The summed E-state index contributed by atoms with van der Waals surface area (Å²) >= 11 is 1.63. The van der Waals surface area contributed by atoms with E-state index in [0.29, 0.717) is 32.5 Å². The molecular weight excluding hydrogens is 368 g/mol. The van der Waals surface area contributed by atoms with Crippen LogP contribution in [0.15, 0.2) is 17.5 Å². The van der Waals surface area contributed by atoms with Gasteiger partial charge in [-0.05, 0) is 28.3 Å². The molecule has 1 saturated heterocycles. The lowest BCUT2D eigenvalue weighted by Crippen LogP contribution is -2.36. The predicted molar refractivity (Wildman–Crippen MR) is 100 cm³/mol. The first-order valence-corrected chi connectivity index (χ1v) is 10.0. The number of aryl methyl sites for hydroxylation is 1. The second-order valence-corrected chi connectivity index (χ2v) is 7.33. The molecule has 0 spiro atoms. The van der Waals surface area contributed by atoms with E-state index in [1.807, 2.05) is 17.5 Å². The standard InChI is InChI=1S/C17H26N6O3S/c1-25-14(15-4-3-11-27-15)12-18-17(24)5-2-6-23-16(19-20-21-23)13-22-7-9-26-10-8-22/h3-4,11,14H,2,5-10,12-13H2,1H3,(H,18,24)/t14-/m0/s1. The lowest BCUT2D eigenvalue weighted by Gasteiger charge is -2.25. The van der Waals surface area contributed by atoms with Crippen LogP contribution in [0.1, 0.15) is 29.6 Å². The van der Waals surface area contributed by atoms with Crippen LogP contribution in [0.3, 0.4) is 0 Å². The van der Waals surface area contributed by atoms with E-state index in [1.165, 1.54) is 0 Å². The van der Waals surface area contributed by atoms with Crippen molar-refractivity contribution in [2.45, 2.75) is 32.0 Å². The van der Waals surface area contributed by atoms with Crippen molar-refractivity contribution in [1.82, 2.24) is 30.4 Å². The third-order valence-electron chi connectivity index (χ3n) is 4.48. The summed E-state index contributed by atoms with van der Waals surface area (Å²) in [4.78, 5) is 15.5. The zero-order chi connectivity index (χ0) is 18.9. The highest BCUT2D eigenvalue weighted by Crippen LogP contribution is 2.20. The molecule has 10 heteroatoms. The van der Waals surface area contributed by atoms with Crippen LogP contribution in [0.4, 0.5) is 0 Å². The number of methoxy groups -OCH3 is 1. The Balaban J connectivity index is 1.38. The largest absolute Gasteiger partial charge is 0.379 e. The Morgan fingerprint density at radius 1 is 1.44 bits per heavy atom. The molecule has 1 N–H and O–H groups in total. The average Bonchev–Trinajstić information content (AvgIpc) is 3.36. The molecule has 1 amide bonds. The number of nitrogens with zero attached hydrogens (tertiary/aromatic N) is 5. The summed E-state index contributed by atoms with van der Waals surface area (Å²) in [5.41, 5.74) is 0. The van der Waals surface area contributed by atoms with Crippen molar-refractivity contribution in [3.05, 3.63) is 28.2 Å². The summed E-state index contributed by atoms with van der Waals surface area (Å²) in [5, 5.41) is 16.9. The molecule has 3 heterocycles. The van der Waals surface area contributed by atoms with Crippen LogP contribution >= 0.6 is 11.3 Å². The molecule has 27 heavy (non-hydrogen) atoms. The highest BCUT2D eigenvalue weighted by Gasteiger charge is 2.16. The molecule has 9 nitrogen and oxygen atoms in total. The van der Waals surface area contributed by atoms with Crippen LogP contribution < -0.4 is 5.32 Å². The van der Waals surface area contributed by atoms with Gasteiger partial charge in [-0.25, -0.2) is 4.68 Å². The van der Waals surface area contributed by atoms with E-state index >= 15 is 0 Å². The van der Waals surface area contributed by atoms with Gasteiger partial charge in [-0.1, -0.05) is 6.07 Å². The van der Waals surface area contributed by atoms with Gasteiger partial charge in [-0.15, -0.1) is 16.4 Å². The number of thiophene rings is 1. The molecule has 0 bridgehead atoms. The molecule has 1 aliphatic heterocycles. The molecule has 0 aliphatic carbocycles. The smallest absolute Gasteiger partial charge is 0.220 e. The van der Waals surface area contributed by atoms with Crippen molar-refractivity contribution in [3.63, 3.8) is 0 Å². The van der Waals surface area contributed by atoms with E-state index < -0.39 is 0 Å². The minimum Gasteiger partial charge on any atom is -0.379 e. The van der Waals surface area contributed by atoms with Gasteiger partial charge in [0.15, 0.2) is 5.82 Å². The Labute approximate surface area is 162 Å². The van der Waals surface area contributed by atoms with E-state index in [1.54, 1.807) is 23.1 Å². The molecule has 0 saturated carbocycles. The molecule has 3 rings (SSSR count). The van der Waals surface area contributed by atoms with Gasteiger partial charge in [0, 0.05) is 44.6 Å². The van der Waals surface area contributed by atoms with Gasteiger partial charge in [0.05, 0.1) is 19.8 Å².